The molecule has 1 aromatic rings. The van der Waals surface area contributed by atoms with Gasteiger partial charge in [0.15, 0.2) is 0 Å². The molecule has 0 aromatic heterocycles. The van der Waals surface area contributed by atoms with Crippen molar-refractivity contribution in [3.05, 3.63) is 35.9 Å². The largest absolute Gasteiger partial charge is 0.445 e. The molecule has 0 aliphatic carbocycles. The second-order valence-corrected chi connectivity index (χ2v) is 7.75. The van der Waals surface area contributed by atoms with Gasteiger partial charge in [-0.1, -0.05) is 101 Å². The number of alkyl carbamates (subject to hydrolysis) is 1. The van der Waals surface area contributed by atoms with Crippen LogP contribution in [-0.2, 0) is 20.8 Å². The van der Waals surface area contributed by atoms with Crippen LogP contribution >= 0.6 is 0 Å². The van der Waals surface area contributed by atoms with E-state index in [1.807, 2.05) is 30.3 Å². The lowest BCUT2D eigenvalue weighted by Crippen LogP contribution is -2.28. The average molecular weight is 422 g/mol. The van der Waals surface area contributed by atoms with Gasteiger partial charge in [-0.05, 0) is 12.0 Å². The number of amides is 1. The van der Waals surface area contributed by atoms with Crippen LogP contribution in [0.15, 0.2) is 30.3 Å². The number of unbranched alkanes of at least 4 members (excludes halogenated alkanes) is 10. The first kappa shape index (κ1) is 26.4. The van der Waals surface area contributed by atoms with Gasteiger partial charge >= 0.3 is 6.09 Å². The van der Waals surface area contributed by atoms with Gasteiger partial charge in [0.1, 0.15) is 6.61 Å². The topological polar surface area (TPSA) is 56.8 Å². The van der Waals surface area contributed by atoms with Crippen LogP contribution in [0.25, 0.3) is 0 Å². The smallest absolute Gasteiger partial charge is 0.407 e. The number of nitrogens with one attached hydrogen (secondary N) is 1. The molecule has 0 atom stereocenters. The zero-order valence-electron chi connectivity index (χ0n) is 19.0. The van der Waals surface area contributed by atoms with Crippen LogP contribution in [0.5, 0.6) is 0 Å². The molecule has 172 valence electrons. The van der Waals surface area contributed by atoms with E-state index in [1.165, 1.54) is 64.2 Å². The maximum absolute atomic E-state index is 11.6. The minimum Gasteiger partial charge on any atom is -0.445 e. The zero-order valence-corrected chi connectivity index (χ0v) is 19.0. The number of ether oxygens (including phenoxy) is 3. The zero-order chi connectivity index (χ0) is 21.5. The highest BCUT2D eigenvalue weighted by molar-refractivity contribution is 5.67. The van der Waals surface area contributed by atoms with Crippen molar-refractivity contribution in [1.82, 2.24) is 5.32 Å². The van der Waals surface area contributed by atoms with Crippen molar-refractivity contribution in [2.24, 2.45) is 0 Å². The maximum Gasteiger partial charge on any atom is 0.407 e. The van der Waals surface area contributed by atoms with Crippen molar-refractivity contribution in [2.45, 2.75) is 84.2 Å². The van der Waals surface area contributed by atoms with Gasteiger partial charge in [0, 0.05) is 13.2 Å². The maximum atomic E-state index is 11.6. The molecule has 0 saturated carbocycles. The summed E-state index contributed by atoms with van der Waals surface area (Å²) in [4.78, 5) is 11.6. The van der Waals surface area contributed by atoms with E-state index < -0.39 is 6.09 Å². The van der Waals surface area contributed by atoms with Gasteiger partial charge < -0.3 is 19.5 Å². The van der Waals surface area contributed by atoms with Gasteiger partial charge in [-0.3, -0.25) is 0 Å². The Hall–Kier alpha value is -1.59. The van der Waals surface area contributed by atoms with E-state index in [-0.39, 0.29) is 6.61 Å². The first-order chi connectivity index (χ1) is 14.8. The molecule has 0 fully saturated rings. The quantitative estimate of drug-likeness (QED) is 0.253. The molecule has 5 heteroatoms. The summed E-state index contributed by atoms with van der Waals surface area (Å²) in [5.74, 6) is 0. The Balaban J connectivity index is 1.73. The lowest BCUT2D eigenvalue weighted by Gasteiger charge is -2.08. The van der Waals surface area contributed by atoms with Gasteiger partial charge in [0.25, 0.3) is 0 Å². The molecule has 5 nitrogen and oxygen atoms in total. The van der Waals surface area contributed by atoms with Crippen LogP contribution in [0, 0.1) is 0 Å². The predicted molar refractivity (Wildman–Crippen MR) is 123 cm³/mol. The van der Waals surface area contributed by atoms with Crippen molar-refractivity contribution < 1.29 is 19.0 Å². The summed E-state index contributed by atoms with van der Waals surface area (Å²) in [6.45, 7) is 5.41. The fraction of sp³-hybridized carbons (Fsp3) is 0.720. The summed E-state index contributed by atoms with van der Waals surface area (Å²) in [5.41, 5.74) is 0.971. The number of rotatable bonds is 20. The molecule has 0 radical (unpaired) electrons. The molecular weight excluding hydrogens is 378 g/mol. The standard InChI is InChI=1S/C25H43NO4/c1-2-3-4-5-6-7-8-9-10-11-15-19-28-21-22-29-20-18-26-25(27)30-23-24-16-13-12-14-17-24/h12-14,16-17H,2-11,15,18-23H2,1H3,(H,26,27). The third-order valence-electron chi connectivity index (χ3n) is 4.99. The van der Waals surface area contributed by atoms with Crippen LogP contribution in [0.4, 0.5) is 4.79 Å². The number of carbonyl (C=O) groups is 1. The van der Waals surface area contributed by atoms with Crippen molar-refractivity contribution in [3.63, 3.8) is 0 Å². The first-order valence-corrected chi connectivity index (χ1v) is 11.9. The molecule has 1 rings (SSSR count). The SMILES string of the molecule is CCCCCCCCCCCCCOCCOCCNC(=O)OCc1ccccc1. The van der Waals surface area contributed by atoms with E-state index in [1.54, 1.807) is 0 Å². The third kappa shape index (κ3) is 17.3. The van der Waals surface area contributed by atoms with E-state index in [0.29, 0.717) is 26.4 Å². The summed E-state index contributed by atoms with van der Waals surface area (Å²) in [5, 5.41) is 2.68. The van der Waals surface area contributed by atoms with E-state index >= 15 is 0 Å². The average Bonchev–Trinajstić information content (AvgIpc) is 2.77. The van der Waals surface area contributed by atoms with E-state index in [2.05, 4.69) is 12.2 Å². The van der Waals surface area contributed by atoms with Crippen molar-refractivity contribution in [2.75, 3.05) is 33.0 Å². The normalized spacial score (nSPS) is 10.8. The monoisotopic (exact) mass is 421 g/mol. The predicted octanol–water partition coefficient (Wildman–Crippen LogP) is 6.26. The highest BCUT2D eigenvalue weighted by Crippen LogP contribution is 2.11. The van der Waals surface area contributed by atoms with Gasteiger partial charge in [0.05, 0.1) is 19.8 Å². The summed E-state index contributed by atoms with van der Waals surface area (Å²) >= 11 is 0. The van der Waals surface area contributed by atoms with Gasteiger partial charge in [-0.15, -0.1) is 0 Å². The Bertz CT molecular complexity index is 495. The summed E-state index contributed by atoms with van der Waals surface area (Å²) in [7, 11) is 0. The molecule has 0 bridgehead atoms. The third-order valence-corrected chi connectivity index (χ3v) is 4.99. The highest BCUT2D eigenvalue weighted by Gasteiger charge is 2.01. The van der Waals surface area contributed by atoms with Crippen LogP contribution < -0.4 is 5.32 Å². The highest BCUT2D eigenvalue weighted by atomic mass is 16.5. The lowest BCUT2D eigenvalue weighted by atomic mass is 10.1. The van der Waals surface area contributed by atoms with Crippen LogP contribution in [0.2, 0.25) is 0 Å². The Morgan fingerprint density at radius 3 is 1.93 bits per heavy atom. The van der Waals surface area contributed by atoms with Crippen LogP contribution in [-0.4, -0.2) is 39.1 Å². The Morgan fingerprint density at radius 2 is 1.30 bits per heavy atom. The molecule has 0 spiro atoms. The first-order valence-electron chi connectivity index (χ1n) is 11.9. The summed E-state index contributed by atoms with van der Waals surface area (Å²) < 4.78 is 16.2. The van der Waals surface area contributed by atoms with Gasteiger partial charge in [0.2, 0.25) is 0 Å². The Kier molecular flexibility index (Phi) is 18.2. The summed E-state index contributed by atoms with van der Waals surface area (Å²) in [6.07, 6.45) is 14.4. The molecule has 0 aliphatic heterocycles. The van der Waals surface area contributed by atoms with Gasteiger partial charge in [-0.2, -0.15) is 0 Å². The van der Waals surface area contributed by atoms with E-state index in [0.717, 1.165) is 18.6 Å². The van der Waals surface area contributed by atoms with Crippen molar-refractivity contribution in [3.8, 4) is 0 Å². The van der Waals surface area contributed by atoms with Crippen molar-refractivity contribution >= 4 is 6.09 Å². The van der Waals surface area contributed by atoms with Crippen LogP contribution in [0.1, 0.15) is 83.1 Å². The molecule has 0 aliphatic rings. The number of hydrogen-bond acceptors (Lipinski definition) is 4. The molecular formula is C25H43NO4. The fourth-order valence-electron chi connectivity index (χ4n) is 3.19. The molecule has 1 amide bonds. The van der Waals surface area contributed by atoms with Gasteiger partial charge in [-0.25, -0.2) is 4.79 Å². The minimum absolute atomic E-state index is 0.278. The number of carbonyl (C=O) groups excluding carboxylic acids is 1. The lowest BCUT2D eigenvalue weighted by molar-refractivity contribution is 0.0467. The van der Waals surface area contributed by atoms with E-state index in [4.69, 9.17) is 14.2 Å². The number of benzene rings is 1. The molecule has 1 N–H and O–H groups in total. The Morgan fingerprint density at radius 1 is 0.733 bits per heavy atom. The number of hydrogen-bond donors (Lipinski definition) is 1. The minimum atomic E-state index is -0.421. The van der Waals surface area contributed by atoms with Crippen molar-refractivity contribution in [1.29, 1.82) is 0 Å². The van der Waals surface area contributed by atoms with E-state index in [9.17, 15) is 4.79 Å². The molecule has 0 unspecified atom stereocenters. The Labute approximate surface area is 183 Å². The molecule has 30 heavy (non-hydrogen) atoms. The van der Waals surface area contributed by atoms with Crippen LogP contribution in [0.3, 0.4) is 0 Å². The molecule has 0 saturated heterocycles. The fourth-order valence-corrected chi connectivity index (χ4v) is 3.19. The molecule has 1 aromatic carbocycles. The summed E-state index contributed by atoms with van der Waals surface area (Å²) in [6, 6.07) is 9.62. The molecule has 0 heterocycles. The second-order valence-electron chi connectivity index (χ2n) is 7.75. The second kappa shape index (κ2) is 20.7.